The summed E-state index contributed by atoms with van der Waals surface area (Å²) in [5.74, 6) is 0.0284. The van der Waals surface area contributed by atoms with Gasteiger partial charge < -0.3 is 4.98 Å². The quantitative estimate of drug-likeness (QED) is 0.778. The van der Waals surface area contributed by atoms with E-state index in [4.69, 9.17) is 11.6 Å². The van der Waals surface area contributed by atoms with E-state index in [1.54, 1.807) is 6.92 Å². The van der Waals surface area contributed by atoms with E-state index >= 15 is 0 Å². The maximum atomic E-state index is 11.3. The molecule has 0 saturated carbocycles. The first kappa shape index (κ1) is 13.8. The molecule has 1 rings (SSSR count). The molecule has 0 spiro atoms. The van der Waals surface area contributed by atoms with Crippen molar-refractivity contribution < 1.29 is 4.79 Å². The van der Waals surface area contributed by atoms with Gasteiger partial charge in [-0.15, -0.1) is 0 Å². The van der Waals surface area contributed by atoms with Crippen LogP contribution in [0, 0.1) is 0 Å². The second kappa shape index (κ2) is 5.87. The number of hydrogen-bond donors (Lipinski definition) is 1. The highest BCUT2D eigenvalue weighted by Gasteiger charge is 2.08. The summed E-state index contributed by atoms with van der Waals surface area (Å²) >= 11 is 5.89. The van der Waals surface area contributed by atoms with Crippen molar-refractivity contribution in [1.29, 1.82) is 0 Å². The first-order valence-corrected chi connectivity index (χ1v) is 6.06. The minimum absolute atomic E-state index is 0.0284. The third-order valence-electron chi connectivity index (χ3n) is 2.56. The van der Waals surface area contributed by atoms with Crippen LogP contribution >= 0.6 is 11.6 Å². The second-order valence-corrected chi connectivity index (χ2v) is 4.78. The fourth-order valence-electron chi connectivity index (χ4n) is 1.48. The molecule has 0 amide bonds. The molecular weight excluding hydrogens is 234 g/mol. The van der Waals surface area contributed by atoms with Gasteiger partial charge in [-0.05, 0) is 38.5 Å². The van der Waals surface area contributed by atoms with E-state index in [1.807, 2.05) is 19.1 Å². The fraction of sp³-hybridized carbons (Fsp3) is 0.357. The average Bonchev–Trinajstić information content (AvgIpc) is 2.60. The number of nitrogens with one attached hydrogen (secondary N) is 1. The molecule has 0 aliphatic rings. The Labute approximate surface area is 107 Å². The third kappa shape index (κ3) is 3.90. The predicted octanol–water partition coefficient (Wildman–Crippen LogP) is 4.63. The molecule has 0 fully saturated rings. The molecule has 1 aromatic heterocycles. The number of halogens is 1. The summed E-state index contributed by atoms with van der Waals surface area (Å²) in [7, 11) is 0. The number of carbonyl (C=O) groups excluding carboxylic acids is 1. The molecule has 1 aromatic rings. The van der Waals surface area contributed by atoms with E-state index in [1.165, 1.54) is 5.57 Å². The molecule has 0 unspecified atom stereocenters. The van der Waals surface area contributed by atoms with Gasteiger partial charge in [-0.3, -0.25) is 4.79 Å². The number of rotatable bonds is 4. The summed E-state index contributed by atoms with van der Waals surface area (Å²) in [6.07, 6.45) is 4.90. The Morgan fingerprint density at radius 2 is 2.00 bits per heavy atom. The number of allylic oxidation sites excluding steroid dienone is 2. The Balaban J connectivity index is 3.26. The molecule has 0 atom stereocenters. The van der Waals surface area contributed by atoms with Crippen molar-refractivity contribution in [3.8, 4) is 0 Å². The highest BCUT2D eigenvalue weighted by molar-refractivity contribution is 6.31. The second-order valence-electron chi connectivity index (χ2n) is 4.18. The van der Waals surface area contributed by atoms with Crippen LogP contribution in [0.3, 0.4) is 0 Å². The molecule has 0 bridgehead atoms. The number of carbonyl (C=O) groups is 1. The van der Waals surface area contributed by atoms with Crippen molar-refractivity contribution in [3.05, 3.63) is 33.6 Å². The van der Waals surface area contributed by atoms with Crippen LogP contribution in [0.25, 0.3) is 12.2 Å². The Morgan fingerprint density at radius 1 is 1.35 bits per heavy atom. The fourth-order valence-corrected chi connectivity index (χ4v) is 1.60. The molecule has 92 valence electrons. The lowest BCUT2D eigenvalue weighted by molar-refractivity contribution is 0.101. The summed E-state index contributed by atoms with van der Waals surface area (Å²) in [6, 6.07) is 1.84. The van der Waals surface area contributed by atoms with Crippen molar-refractivity contribution in [3.63, 3.8) is 0 Å². The van der Waals surface area contributed by atoms with Gasteiger partial charge >= 0.3 is 0 Å². The van der Waals surface area contributed by atoms with Crippen LogP contribution in [0.15, 0.2) is 16.7 Å². The van der Waals surface area contributed by atoms with E-state index in [2.05, 4.69) is 24.9 Å². The lowest BCUT2D eigenvalue weighted by atomic mass is 10.1. The highest BCUT2D eigenvalue weighted by atomic mass is 35.5. The van der Waals surface area contributed by atoms with Gasteiger partial charge in [0.1, 0.15) is 0 Å². The van der Waals surface area contributed by atoms with E-state index in [-0.39, 0.29) is 5.78 Å². The van der Waals surface area contributed by atoms with Gasteiger partial charge in [-0.1, -0.05) is 24.1 Å². The number of aromatic nitrogens is 1. The molecule has 1 N–H and O–H groups in total. The maximum Gasteiger partial charge on any atom is 0.175 e. The summed E-state index contributed by atoms with van der Waals surface area (Å²) in [6.45, 7) is 7.54. The minimum Gasteiger partial charge on any atom is -0.352 e. The normalized spacial score (nSPS) is 13.0. The van der Waals surface area contributed by atoms with Gasteiger partial charge in [0.05, 0.1) is 5.69 Å². The molecule has 0 aromatic carbocycles. The van der Waals surface area contributed by atoms with Gasteiger partial charge in [0.2, 0.25) is 0 Å². The third-order valence-corrected chi connectivity index (χ3v) is 2.67. The first-order valence-electron chi connectivity index (χ1n) is 5.69. The number of hydrogen-bond acceptors (Lipinski definition) is 1. The predicted molar refractivity (Wildman–Crippen MR) is 74.2 cm³/mol. The Kier molecular flexibility index (Phi) is 4.76. The largest absolute Gasteiger partial charge is 0.352 e. The van der Waals surface area contributed by atoms with Gasteiger partial charge in [-0.2, -0.15) is 0 Å². The number of ketones is 1. The molecule has 0 radical (unpaired) electrons. The lowest BCUT2D eigenvalue weighted by Gasteiger charge is -1.97. The topological polar surface area (TPSA) is 32.9 Å². The van der Waals surface area contributed by atoms with E-state index in [0.29, 0.717) is 10.7 Å². The summed E-state index contributed by atoms with van der Waals surface area (Å²) in [4.78, 5) is 14.5. The van der Waals surface area contributed by atoms with E-state index in [0.717, 1.165) is 17.7 Å². The number of aromatic amines is 1. The number of Topliss-reactive ketones (excluding diaryl/α,β-unsaturated/α-hetero) is 1. The van der Waals surface area contributed by atoms with Gasteiger partial charge in [0.15, 0.2) is 5.78 Å². The zero-order valence-electron chi connectivity index (χ0n) is 10.7. The van der Waals surface area contributed by atoms with Crippen LogP contribution in [-0.4, -0.2) is 10.8 Å². The Bertz CT molecular complexity index is 476. The lowest BCUT2D eigenvalue weighted by Crippen LogP contribution is -1.90. The standard InChI is InChI=1S/C14H18ClNO/c1-5-9(2)6-14-12(7-10(3)15)8-13(16-14)11(4)17/h6-8,16H,5H2,1-4H3/b9-6?,10-7+. The van der Waals surface area contributed by atoms with E-state index < -0.39 is 0 Å². The molecule has 3 heteroatoms. The zero-order valence-corrected chi connectivity index (χ0v) is 11.5. The Morgan fingerprint density at radius 3 is 2.47 bits per heavy atom. The molecule has 0 saturated heterocycles. The maximum absolute atomic E-state index is 11.3. The van der Waals surface area contributed by atoms with Crippen molar-refractivity contribution >= 4 is 29.5 Å². The van der Waals surface area contributed by atoms with Crippen molar-refractivity contribution in [2.45, 2.75) is 34.1 Å². The van der Waals surface area contributed by atoms with E-state index in [9.17, 15) is 4.79 Å². The average molecular weight is 252 g/mol. The smallest absolute Gasteiger partial charge is 0.175 e. The van der Waals surface area contributed by atoms with Crippen molar-refractivity contribution in [2.24, 2.45) is 0 Å². The molecule has 0 aliphatic carbocycles. The molecule has 1 heterocycles. The monoisotopic (exact) mass is 251 g/mol. The van der Waals surface area contributed by atoms with Crippen molar-refractivity contribution in [2.75, 3.05) is 0 Å². The van der Waals surface area contributed by atoms with Crippen LogP contribution in [0.1, 0.15) is 55.9 Å². The molecule has 0 aliphatic heterocycles. The van der Waals surface area contributed by atoms with Gasteiger partial charge in [0.25, 0.3) is 0 Å². The van der Waals surface area contributed by atoms with Crippen LogP contribution in [0.5, 0.6) is 0 Å². The number of H-pyrrole nitrogens is 1. The van der Waals surface area contributed by atoms with Crippen LogP contribution < -0.4 is 0 Å². The van der Waals surface area contributed by atoms with Crippen LogP contribution in [0.2, 0.25) is 0 Å². The van der Waals surface area contributed by atoms with Crippen LogP contribution in [0.4, 0.5) is 0 Å². The Hall–Kier alpha value is -1.28. The summed E-state index contributed by atoms with van der Waals surface area (Å²) < 4.78 is 0. The zero-order chi connectivity index (χ0) is 13.0. The van der Waals surface area contributed by atoms with Gasteiger partial charge in [0, 0.05) is 23.2 Å². The molecule has 2 nitrogen and oxygen atoms in total. The summed E-state index contributed by atoms with van der Waals surface area (Å²) in [5, 5.41) is 0.697. The SMILES string of the molecule is CCC(C)=Cc1[nH]c(C(C)=O)cc1/C=C(\C)Cl. The van der Waals surface area contributed by atoms with Crippen LogP contribution in [-0.2, 0) is 0 Å². The molecular formula is C14H18ClNO. The summed E-state index contributed by atoms with van der Waals surface area (Å²) in [5.41, 5.74) is 3.76. The van der Waals surface area contributed by atoms with Gasteiger partial charge in [-0.25, -0.2) is 0 Å². The highest BCUT2D eigenvalue weighted by Crippen LogP contribution is 2.20. The van der Waals surface area contributed by atoms with Crippen molar-refractivity contribution in [1.82, 2.24) is 4.98 Å². The minimum atomic E-state index is 0.0284. The molecule has 17 heavy (non-hydrogen) atoms. The first-order chi connectivity index (χ1) is 7.93.